The molecule has 2 N–H and O–H groups in total. The molecule has 5 rings (SSSR count). The first kappa shape index (κ1) is 31.1. The smallest absolute Gasteiger partial charge is 0.481 e. The van der Waals surface area contributed by atoms with Crippen molar-refractivity contribution in [1.29, 1.82) is 0 Å². The van der Waals surface area contributed by atoms with E-state index in [0.29, 0.717) is 34.4 Å². The van der Waals surface area contributed by atoms with Gasteiger partial charge in [0.05, 0.1) is 18.7 Å². The molecule has 1 aliphatic rings. The summed E-state index contributed by atoms with van der Waals surface area (Å²) in [6.07, 6.45) is 1.32. The number of hydrogen-bond donors (Lipinski definition) is 2. The number of aliphatic carboxylic acids is 1. The average Bonchev–Trinajstić information content (AvgIpc) is 3.50. The van der Waals surface area contributed by atoms with E-state index < -0.39 is 12.3 Å². The van der Waals surface area contributed by atoms with Crippen LogP contribution in [0.25, 0.3) is 11.3 Å². The highest BCUT2D eigenvalue weighted by atomic mass is 32.1. The number of aromatic nitrogens is 1. The third-order valence-corrected chi connectivity index (χ3v) is 8.43. The number of rotatable bonds is 11. The number of benzene rings is 3. The van der Waals surface area contributed by atoms with Crippen LogP contribution in [0.1, 0.15) is 65.9 Å². The molecular formula is C33H32F3N3O4S. The first-order valence-corrected chi connectivity index (χ1v) is 15.3. The van der Waals surface area contributed by atoms with Crippen molar-refractivity contribution in [2.45, 2.75) is 57.3 Å². The van der Waals surface area contributed by atoms with Gasteiger partial charge in [-0.1, -0.05) is 43.5 Å². The Bertz CT molecular complexity index is 1550. The van der Waals surface area contributed by atoms with Crippen LogP contribution in [0.15, 0.2) is 78.2 Å². The molecule has 44 heavy (non-hydrogen) atoms. The van der Waals surface area contributed by atoms with E-state index in [0.717, 1.165) is 11.3 Å². The lowest BCUT2D eigenvalue weighted by Gasteiger charge is -2.24. The molecular weight excluding hydrogens is 591 g/mol. The Morgan fingerprint density at radius 2 is 1.64 bits per heavy atom. The first-order chi connectivity index (χ1) is 21.1. The molecule has 3 aromatic carbocycles. The van der Waals surface area contributed by atoms with Gasteiger partial charge in [-0.2, -0.15) is 0 Å². The lowest BCUT2D eigenvalue weighted by Crippen LogP contribution is -2.26. The zero-order chi connectivity index (χ0) is 31.1. The largest absolute Gasteiger partial charge is 0.573 e. The van der Waals surface area contributed by atoms with E-state index in [1.807, 2.05) is 22.4 Å². The molecule has 1 amide bonds. The molecule has 0 atom stereocenters. The van der Waals surface area contributed by atoms with E-state index in [2.05, 4.69) is 34.3 Å². The number of carbonyl (C=O) groups excluding carboxylic acids is 1. The van der Waals surface area contributed by atoms with Gasteiger partial charge in [-0.3, -0.25) is 9.59 Å². The minimum atomic E-state index is -4.76. The molecule has 0 radical (unpaired) electrons. The highest BCUT2D eigenvalue weighted by molar-refractivity contribution is 7.14. The van der Waals surface area contributed by atoms with Crippen LogP contribution in [0.5, 0.6) is 5.75 Å². The van der Waals surface area contributed by atoms with Gasteiger partial charge in [0.15, 0.2) is 5.13 Å². The van der Waals surface area contributed by atoms with Crippen LogP contribution >= 0.6 is 11.3 Å². The maximum absolute atomic E-state index is 12.6. The summed E-state index contributed by atoms with van der Waals surface area (Å²) in [5.74, 6) is -1.06. The van der Waals surface area contributed by atoms with E-state index in [4.69, 9.17) is 10.1 Å². The summed E-state index contributed by atoms with van der Waals surface area (Å²) in [5.41, 5.74) is 4.87. The molecule has 230 valence electrons. The molecule has 0 saturated heterocycles. The zero-order valence-corrected chi connectivity index (χ0v) is 24.7. The van der Waals surface area contributed by atoms with Gasteiger partial charge in [-0.25, -0.2) is 4.98 Å². The summed E-state index contributed by atoms with van der Waals surface area (Å²) in [6, 6.07) is 21.2. The predicted octanol–water partition coefficient (Wildman–Crippen LogP) is 8.30. The normalized spacial score (nSPS) is 13.8. The van der Waals surface area contributed by atoms with Crippen LogP contribution in [0.4, 0.5) is 24.0 Å². The van der Waals surface area contributed by atoms with Crippen molar-refractivity contribution < 1.29 is 32.6 Å². The van der Waals surface area contributed by atoms with Gasteiger partial charge < -0.3 is 20.1 Å². The SMILES string of the molecule is O=C(O)CCNC(=O)c1ccc(N(Cc2ccc(C3CCCCC3)cc2)c2nc(-c3ccc(OC(F)(F)F)cc3)cs2)cc1. The topological polar surface area (TPSA) is 91.8 Å². The molecule has 1 aliphatic carbocycles. The molecule has 0 bridgehead atoms. The van der Waals surface area contributed by atoms with Crippen molar-refractivity contribution in [2.75, 3.05) is 11.4 Å². The van der Waals surface area contributed by atoms with Gasteiger partial charge in [-0.15, -0.1) is 24.5 Å². The maximum Gasteiger partial charge on any atom is 0.573 e. The monoisotopic (exact) mass is 623 g/mol. The fourth-order valence-corrected chi connectivity index (χ4v) is 6.16. The van der Waals surface area contributed by atoms with Crippen LogP contribution in [-0.2, 0) is 11.3 Å². The highest BCUT2D eigenvalue weighted by Crippen LogP contribution is 2.36. The third-order valence-electron chi connectivity index (χ3n) is 7.57. The standard InChI is InChI=1S/C33H32F3N3O4S/c34-33(35,36)43-28-16-12-25(13-17-28)29-21-44-32(38-29)39(20-22-6-8-24(9-7-22)23-4-2-1-3-5-23)27-14-10-26(11-15-27)31(42)37-19-18-30(40)41/h6-17,21,23H,1-5,18-20H2,(H,37,42)(H,40,41). The van der Waals surface area contributed by atoms with E-state index in [1.54, 1.807) is 12.1 Å². The Morgan fingerprint density at radius 1 is 0.955 bits per heavy atom. The quantitative estimate of drug-likeness (QED) is 0.175. The Morgan fingerprint density at radius 3 is 2.27 bits per heavy atom. The Kier molecular flexibility index (Phi) is 9.84. The molecule has 1 saturated carbocycles. The van der Waals surface area contributed by atoms with E-state index >= 15 is 0 Å². The maximum atomic E-state index is 12.6. The van der Waals surface area contributed by atoms with Gasteiger partial charge in [0.1, 0.15) is 5.75 Å². The lowest BCUT2D eigenvalue weighted by molar-refractivity contribution is -0.274. The fraction of sp³-hybridized carbons (Fsp3) is 0.303. The van der Waals surface area contributed by atoms with Crippen LogP contribution < -0.4 is 15.0 Å². The van der Waals surface area contributed by atoms with Gasteiger partial charge in [0, 0.05) is 28.7 Å². The average molecular weight is 624 g/mol. The molecule has 1 heterocycles. The van der Waals surface area contributed by atoms with Crippen LogP contribution in [-0.4, -0.2) is 34.9 Å². The van der Waals surface area contributed by atoms with Gasteiger partial charge in [-0.05, 0) is 78.4 Å². The minimum Gasteiger partial charge on any atom is -0.481 e. The number of hydrogen-bond acceptors (Lipinski definition) is 6. The Labute approximate surface area is 257 Å². The number of nitrogens with one attached hydrogen (secondary N) is 1. The molecule has 0 aliphatic heterocycles. The van der Waals surface area contributed by atoms with Crippen LogP contribution in [0.2, 0.25) is 0 Å². The summed E-state index contributed by atoms with van der Waals surface area (Å²) in [7, 11) is 0. The number of halogens is 3. The number of ether oxygens (including phenoxy) is 1. The Hall–Kier alpha value is -4.38. The highest BCUT2D eigenvalue weighted by Gasteiger charge is 2.31. The lowest BCUT2D eigenvalue weighted by atomic mass is 9.84. The van der Waals surface area contributed by atoms with E-state index in [9.17, 15) is 22.8 Å². The second kappa shape index (κ2) is 13.9. The number of carbonyl (C=O) groups is 2. The number of anilines is 2. The first-order valence-electron chi connectivity index (χ1n) is 14.4. The number of carboxylic acid groups (broad SMARTS) is 1. The van der Waals surface area contributed by atoms with Crippen molar-refractivity contribution >= 4 is 34.0 Å². The zero-order valence-electron chi connectivity index (χ0n) is 23.8. The fourth-order valence-electron chi connectivity index (χ4n) is 5.31. The van der Waals surface area contributed by atoms with E-state index in [1.165, 1.54) is 73.3 Å². The van der Waals surface area contributed by atoms with E-state index in [-0.39, 0.29) is 24.6 Å². The Balaban J connectivity index is 1.38. The van der Waals surface area contributed by atoms with Gasteiger partial charge >= 0.3 is 12.3 Å². The third kappa shape index (κ3) is 8.37. The molecule has 7 nitrogen and oxygen atoms in total. The number of amides is 1. The molecule has 4 aromatic rings. The molecule has 0 unspecified atom stereocenters. The summed E-state index contributed by atoms with van der Waals surface area (Å²) in [4.78, 5) is 30.1. The van der Waals surface area contributed by atoms with Crippen molar-refractivity contribution in [3.63, 3.8) is 0 Å². The molecule has 1 aromatic heterocycles. The number of alkyl halides is 3. The van der Waals surface area contributed by atoms with Crippen molar-refractivity contribution in [1.82, 2.24) is 10.3 Å². The second-order valence-corrected chi connectivity index (χ2v) is 11.5. The van der Waals surface area contributed by atoms with Crippen molar-refractivity contribution in [3.8, 4) is 17.0 Å². The van der Waals surface area contributed by atoms with Crippen LogP contribution in [0.3, 0.4) is 0 Å². The molecule has 11 heteroatoms. The predicted molar refractivity (Wildman–Crippen MR) is 163 cm³/mol. The molecule has 1 fully saturated rings. The summed E-state index contributed by atoms with van der Waals surface area (Å²) in [6.45, 7) is 0.532. The number of carboxylic acids is 1. The number of nitrogens with zero attached hydrogens (tertiary/aromatic N) is 2. The minimum absolute atomic E-state index is 0.0318. The van der Waals surface area contributed by atoms with Gasteiger partial charge in [0.2, 0.25) is 0 Å². The van der Waals surface area contributed by atoms with Crippen molar-refractivity contribution in [3.05, 3.63) is 94.9 Å². The summed E-state index contributed by atoms with van der Waals surface area (Å²) >= 11 is 1.40. The molecule has 0 spiro atoms. The van der Waals surface area contributed by atoms with Crippen LogP contribution in [0, 0.1) is 0 Å². The van der Waals surface area contributed by atoms with Crippen molar-refractivity contribution in [2.24, 2.45) is 0 Å². The number of thiazole rings is 1. The summed E-state index contributed by atoms with van der Waals surface area (Å²) in [5, 5.41) is 13.9. The summed E-state index contributed by atoms with van der Waals surface area (Å²) < 4.78 is 41.7. The second-order valence-electron chi connectivity index (χ2n) is 10.7. The van der Waals surface area contributed by atoms with Gasteiger partial charge in [0.25, 0.3) is 5.91 Å².